The second-order valence-electron chi connectivity index (χ2n) is 6.16. The van der Waals surface area contributed by atoms with Gasteiger partial charge >= 0.3 is 0 Å². The van der Waals surface area contributed by atoms with Gasteiger partial charge in [-0.05, 0) is 31.2 Å². The summed E-state index contributed by atoms with van der Waals surface area (Å²) in [6, 6.07) is 21.5. The number of hydrogen-bond donors (Lipinski definition) is 2. The van der Waals surface area contributed by atoms with Crippen molar-refractivity contribution >= 4 is 40.8 Å². The van der Waals surface area contributed by atoms with Crippen LogP contribution in [0.3, 0.4) is 0 Å². The van der Waals surface area contributed by atoms with Crippen molar-refractivity contribution in [2.24, 2.45) is 15.9 Å². The van der Waals surface area contributed by atoms with Crippen LogP contribution in [0.2, 0.25) is 10.0 Å². The molecule has 0 heterocycles. The normalized spacial score (nSPS) is 12.0. The third-order valence-corrected chi connectivity index (χ3v) is 4.69. The maximum Gasteiger partial charge on any atom is 0.250 e. The minimum absolute atomic E-state index is 0.183. The maximum atomic E-state index is 8.13. The van der Waals surface area contributed by atoms with Crippen LogP contribution in [0, 0.1) is 12.3 Å². The first-order valence-electron chi connectivity index (χ1n) is 8.70. The Bertz CT molecular complexity index is 1090. The fourth-order valence-electron chi connectivity index (χ4n) is 2.47. The Kier molecular flexibility index (Phi) is 6.65. The molecule has 7 heteroatoms. The quantitative estimate of drug-likeness (QED) is 0.333. The number of nitrogens with zero attached hydrogens (tertiary/aromatic N) is 2. The number of aliphatic imine (C=N–C) groups is 1. The van der Waals surface area contributed by atoms with Crippen LogP contribution in [-0.4, -0.2) is 17.6 Å². The lowest BCUT2D eigenvalue weighted by atomic mass is 10.1. The maximum absolute atomic E-state index is 8.13. The average Bonchev–Trinajstić information content (AvgIpc) is 2.72. The summed E-state index contributed by atoms with van der Waals surface area (Å²) in [6.45, 7) is 1.98. The molecule has 0 bridgehead atoms. The van der Waals surface area contributed by atoms with E-state index in [-0.39, 0.29) is 17.6 Å². The minimum atomic E-state index is -0.202. The van der Waals surface area contributed by atoms with Gasteiger partial charge in [0.2, 0.25) is 11.7 Å². The van der Waals surface area contributed by atoms with Gasteiger partial charge in [-0.15, -0.1) is 0 Å². The molecule has 0 atom stereocenters. The molecule has 0 saturated carbocycles. The van der Waals surface area contributed by atoms with E-state index in [1.807, 2.05) is 43.3 Å². The highest BCUT2D eigenvalue weighted by atomic mass is 35.5. The molecule has 0 aliphatic rings. The Morgan fingerprint density at radius 3 is 2.00 bits per heavy atom. The summed E-state index contributed by atoms with van der Waals surface area (Å²) < 4.78 is 0. The summed E-state index contributed by atoms with van der Waals surface area (Å²) >= 11 is 12.3. The molecule has 3 aromatic rings. The Morgan fingerprint density at radius 2 is 1.41 bits per heavy atom. The van der Waals surface area contributed by atoms with Crippen LogP contribution in [-0.2, 0) is 4.84 Å². The van der Waals surface area contributed by atoms with Gasteiger partial charge in [-0.1, -0.05) is 82.5 Å². The zero-order valence-electron chi connectivity index (χ0n) is 15.6. The molecular formula is C22H18Cl2N4O. The summed E-state index contributed by atoms with van der Waals surface area (Å²) in [4.78, 5) is 9.71. The molecule has 0 aromatic heterocycles. The highest BCUT2D eigenvalue weighted by Gasteiger charge is 2.11. The zero-order valence-corrected chi connectivity index (χ0v) is 17.1. The number of aryl methyl sites for hydroxylation is 1. The van der Waals surface area contributed by atoms with Crippen molar-refractivity contribution in [1.82, 2.24) is 0 Å². The third-order valence-electron chi connectivity index (χ3n) is 4.03. The van der Waals surface area contributed by atoms with Crippen molar-refractivity contribution in [2.45, 2.75) is 6.92 Å². The topological polar surface area (TPSA) is 83.8 Å². The predicted octanol–water partition coefficient (Wildman–Crippen LogP) is 5.41. The molecular weight excluding hydrogens is 407 g/mol. The summed E-state index contributed by atoms with van der Waals surface area (Å²) in [5.41, 5.74) is 8.92. The van der Waals surface area contributed by atoms with Gasteiger partial charge in [0.1, 0.15) is 5.84 Å². The Labute approximate surface area is 178 Å². The Balaban J connectivity index is 1.97. The van der Waals surface area contributed by atoms with Crippen molar-refractivity contribution in [3.63, 3.8) is 0 Å². The van der Waals surface area contributed by atoms with Crippen molar-refractivity contribution in [3.8, 4) is 0 Å². The van der Waals surface area contributed by atoms with Crippen LogP contribution in [0.5, 0.6) is 0 Å². The molecule has 29 heavy (non-hydrogen) atoms. The molecule has 3 rings (SSSR count). The summed E-state index contributed by atoms with van der Waals surface area (Å²) in [6.07, 6.45) is 0. The first-order chi connectivity index (χ1) is 14.0. The van der Waals surface area contributed by atoms with Crippen LogP contribution in [0.15, 0.2) is 82.9 Å². The van der Waals surface area contributed by atoms with E-state index >= 15 is 0 Å². The van der Waals surface area contributed by atoms with Gasteiger partial charge < -0.3 is 10.6 Å². The van der Waals surface area contributed by atoms with Crippen LogP contribution < -0.4 is 5.73 Å². The monoisotopic (exact) mass is 424 g/mol. The molecule has 0 spiro atoms. The third kappa shape index (κ3) is 5.22. The standard InChI is InChI=1S/C22H18Cl2N4O/c1-14-10-12-15(13-11-14)22(27-20(25)16-6-2-4-8-18(16)23)28-29-21(26)17-7-3-5-9-19(17)24/h2-13,26H,1H3,(H2,25,27,28). The van der Waals surface area contributed by atoms with Gasteiger partial charge in [0.15, 0.2) is 0 Å². The number of hydrogen-bond acceptors (Lipinski definition) is 3. The van der Waals surface area contributed by atoms with E-state index in [0.29, 0.717) is 26.7 Å². The van der Waals surface area contributed by atoms with Crippen molar-refractivity contribution in [2.75, 3.05) is 0 Å². The zero-order chi connectivity index (χ0) is 20.8. The van der Waals surface area contributed by atoms with E-state index in [1.54, 1.807) is 36.4 Å². The SMILES string of the molecule is Cc1ccc(/C(N=C(N)c2ccccc2Cl)=N\OC(=N)c2ccccc2Cl)cc1. The second kappa shape index (κ2) is 9.37. The van der Waals surface area contributed by atoms with Crippen molar-refractivity contribution in [1.29, 1.82) is 5.41 Å². The number of benzene rings is 3. The number of nitrogens with one attached hydrogen (secondary N) is 1. The first kappa shape index (κ1) is 20.6. The van der Waals surface area contributed by atoms with Crippen LogP contribution in [0.25, 0.3) is 0 Å². The number of rotatable bonds is 4. The van der Waals surface area contributed by atoms with Gasteiger partial charge in [0.25, 0.3) is 0 Å². The molecule has 5 nitrogen and oxygen atoms in total. The number of oxime groups is 1. The molecule has 0 unspecified atom stereocenters. The van der Waals surface area contributed by atoms with Gasteiger partial charge in [-0.25, -0.2) is 4.99 Å². The van der Waals surface area contributed by atoms with Gasteiger partial charge in [0, 0.05) is 11.1 Å². The summed E-state index contributed by atoms with van der Waals surface area (Å²) in [5, 5.41) is 13.1. The predicted molar refractivity (Wildman–Crippen MR) is 119 cm³/mol. The van der Waals surface area contributed by atoms with Gasteiger partial charge in [-0.2, -0.15) is 0 Å². The van der Waals surface area contributed by atoms with Gasteiger partial charge in [0.05, 0.1) is 15.6 Å². The van der Waals surface area contributed by atoms with E-state index in [1.165, 1.54) is 0 Å². The average molecular weight is 425 g/mol. The lowest BCUT2D eigenvalue weighted by Crippen LogP contribution is -2.17. The fraction of sp³-hybridized carbons (Fsp3) is 0.0455. The van der Waals surface area contributed by atoms with E-state index in [9.17, 15) is 0 Å². The molecule has 0 amide bonds. The van der Waals surface area contributed by atoms with E-state index < -0.39 is 0 Å². The van der Waals surface area contributed by atoms with E-state index in [4.69, 9.17) is 39.2 Å². The smallest absolute Gasteiger partial charge is 0.250 e. The highest BCUT2D eigenvalue weighted by Crippen LogP contribution is 2.17. The molecule has 3 aromatic carbocycles. The van der Waals surface area contributed by atoms with E-state index in [2.05, 4.69) is 10.1 Å². The summed E-state index contributed by atoms with van der Waals surface area (Å²) in [5.74, 6) is 0.189. The molecule has 0 fully saturated rings. The number of amidine groups is 2. The number of halogens is 2. The van der Waals surface area contributed by atoms with Crippen LogP contribution in [0.4, 0.5) is 0 Å². The highest BCUT2D eigenvalue weighted by molar-refractivity contribution is 6.34. The molecule has 0 radical (unpaired) electrons. The summed E-state index contributed by atoms with van der Waals surface area (Å²) in [7, 11) is 0. The first-order valence-corrected chi connectivity index (χ1v) is 9.46. The van der Waals surface area contributed by atoms with Crippen molar-refractivity contribution in [3.05, 3.63) is 105 Å². The lowest BCUT2D eigenvalue weighted by Gasteiger charge is -2.08. The van der Waals surface area contributed by atoms with Crippen LogP contribution in [0.1, 0.15) is 22.3 Å². The Morgan fingerprint density at radius 1 is 0.862 bits per heavy atom. The van der Waals surface area contributed by atoms with Crippen molar-refractivity contribution < 1.29 is 4.84 Å². The molecule has 0 saturated heterocycles. The molecule has 146 valence electrons. The van der Waals surface area contributed by atoms with Crippen LogP contribution >= 0.6 is 23.2 Å². The molecule has 0 aliphatic heterocycles. The fourth-order valence-corrected chi connectivity index (χ4v) is 2.92. The van der Waals surface area contributed by atoms with E-state index in [0.717, 1.165) is 5.56 Å². The minimum Gasteiger partial charge on any atom is -0.383 e. The molecule has 0 aliphatic carbocycles. The second-order valence-corrected chi connectivity index (χ2v) is 6.97. The molecule has 3 N–H and O–H groups in total. The number of nitrogens with two attached hydrogens (primary N) is 1. The Hall–Kier alpha value is -3.15. The lowest BCUT2D eigenvalue weighted by molar-refractivity contribution is 0.326. The van der Waals surface area contributed by atoms with Gasteiger partial charge in [-0.3, -0.25) is 5.41 Å². The largest absolute Gasteiger partial charge is 0.383 e.